The highest BCUT2D eigenvalue weighted by atomic mass is 16.5. The molecule has 10 heteroatoms. The standard InChI is InChI=1S/C21H25N5O5/c1-29-16-5-3-15(4-6-16)26-12-11-25(21(26)28)14-18(27)24-10-7-17(13-24)31-20-19(30-2)22-8-9-23-20/h3-6,8-9,17H,7,10-14H2,1-2H3. The number of amides is 3. The molecule has 0 N–H and O–H groups in total. The maximum atomic E-state index is 12.8. The lowest BCUT2D eigenvalue weighted by atomic mass is 10.3. The van der Waals surface area contributed by atoms with E-state index in [-0.39, 0.29) is 24.6 Å². The fraction of sp³-hybridized carbons (Fsp3) is 0.429. The van der Waals surface area contributed by atoms with E-state index in [0.29, 0.717) is 44.4 Å². The average Bonchev–Trinajstić information content (AvgIpc) is 3.41. The highest BCUT2D eigenvalue weighted by Crippen LogP contribution is 2.25. The Morgan fingerprint density at radius 3 is 2.48 bits per heavy atom. The van der Waals surface area contributed by atoms with Crippen molar-refractivity contribution in [1.82, 2.24) is 19.8 Å². The van der Waals surface area contributed by atoms with E-state index in [2.05, 4.69) is 9.97 Å². The largest absolute Gasteiger partial charge is 0.497 e. The second-order valence-corrected chi connectivity index (χ2v) is 7.29. The second-order valence-electron chi connectivity index (χ2n) is 7.29. The number of nitrogens with zero attached hydrogens (tertiary/aromatic N) is 5. The molecule has 2 aliphatic heterocycles. The van der Waals surface area contributed by atoms with Gasteiger partial charge in [-0.3, -0.25) is 9.69 Å². The van der Waals surface area contributed by atoms with Crippen molar-refractivity contribution in [3.8, 4) is 17.5 Å². The molecule has 0 saturated carbocycles. The number of urea groups is 1. The van der Waals surface area contributed by atoms with E-state index in [1.54, 1.807) is 21.8 Å². The lowest BCUT2D eigenvalue weighted by Gasteiger charge is -2.22. The number of ether oxygens (including phenoxy) is 3. The van der Waals surface area contributed by atoms with E-state index < -0.39 is 0 Å². The zero-order valence-corrected chi connectivity index (χ0v) is 17.6. The predicted molar refractivity (Wildman–Crippen MR) is 112 cm³/mol. The molecule has 0 radical (unpaired) electrons. The molecule has 2 saturated heterocycles. The van der Waals surface area contributed by atoms with Gasteiger partial charge in [-0.1, -0.05) is 0 Å². The number of benzene rings is 1. The Balaban J connectivity index is 1.31. The minimum Gasteiger partial charge on any atom is -0.497 e. The lowest BCUT2D eigenvalue weighted by Crippen LogP contribution is -2.42. The first-order valence-electron chi connectivity index (χ1n) is 10.1. The topological polar surface area (TPSA) is 97.3 Å². The SMILES string of the molecule is COc1ccc(N2CCN(CC(=O)N3CCC(Oc4nccnc4OC)C3)C2=O)cc1. The van der Waals surface area contributed by atoms with Crippen LogP contribution in [-0.2, 0) is 4.79 Å². The Morgan fingerprint density at radius 2 is 1.77 bits per heavy atom. The molecule has 0 aliphatic carbocycles. The molecule has 10 nitrogen and oxygen atoms in total. The van der Waals surface area contributed by atoms with Gasteiger partial charge in [-0.15, -0.1) is 0 Å². The quantitative estimate of drug-likeness (QED) is 0.659. The summed E-state index contributed by atoms with van der Waals surface area (Å²) in [6, 6.07) is 7.13. The van der Waals surface area contributed by atoms with Crippen LogP contribution in [0.15, 0.2) is 36.7 Å². The number of likely N-dealkylation sites (tertiary alicyclic amines) is 1. The van der Waals surface area contributed by atoms with Gasteiger partial charge in [0.2, 0.25) is 5.91 Å². The zero-order valence-electron chi connectivity index (χ0n) is 17.6. The van der Waals surface area contributed by atoms with Crippen molar-refractivity contribution < 1.29 is 23.8 Å². The van der Waals surface area contributed by atoms with Gasteiger partial charge in [-0.25, -0.2) is 14.8 Å². The van der Waals surface area contributed by atoms with E-state index in [1.165, 1.54) is 19.5 Å². The molecule has 0 spiro atoms. The van der Waals surface area contributed by atoms with Crippen LogP contribution in [0.1, 0.15) is 6.42 Å². The normalized spacial score (nSPS) is 18.5. The van der Waals surface area contributed by atoms with Gasteiger partial charge in [0.1, 0.15) is 18.4 Å². The smallest absolute Gasteiger partial charge is 0.325 e. The maximum absolute atomic E-state index is 12.8. The molecule has 1 aromatic heterocycles. The Bertz CT molecular complexity index is 938. The number of carbonyl (C=O) groups excluding carboxylic acids is 2. The molecule has 2 fully saturated rings. The monoisotopic (exact) mass is 427 g/mol. The molecular formula is C21H25N5O5. The Labute approximate surface area is 180 Å². The van der Waals surface area contributed by atoms with Crippen LogP contribution >= 0.6 is 0 Å². The summed E-state index contributed by atoms with van der Waals surface area (Å²) in [5.74, 6) is 1.26. The van der Waals surface area contributed by atoms with Gasteiger partial charge in [0.15, 0.2) is 0 Å². The van der Waals surface area contributed by atoms with E-state index >= 15 is 0 Å². The fourth-order valence-electron chi connectivity index (χ4n) is 3.74. The third kappa shape index (κ3) is 4.47. The second kappa shape index (κ2) is 9.07. The van der Waals surface area contributed by atoms with Crippen LogP contribution in [-0.4, -0.2) is 84.8 Å². The lowest BCUT2D eigenvalue weighted by molar-refractivity contribution is -0.130. The van der Waals surface area contributed by atoms with Gasteiger partial charge in [-0.2, -0.15) is 0 Å². The Kier molecular flexibility index (Phi) is 6.06. The number of carbonyl (C=O) groups is 2. The van der Waals surface area contributed by atoms with Crippen LogP contribution in [0.5, 0.6) is 17.5 Å². The summed E-state index contributed by atoms with van der Waals surface area (Å²) in [6.07, 6.45) is 3.54. The molecule has 2 aromatic rings. The van der Waals surface area contributed by atoms with Crippen molar-refractivity contribution in [3.05, 3.63) is 36.7 Å². The first-order chi connectivity index (χ1) is 15.1. The fourth-order valence-corrected chi connectivity index (χ4v) is 3.74. The van der Waals surface area contributed by atoms with Crippen molar-refractivity contribution in [3.63, 3.8) is 0 Å². The highest BCUT2D eigenvalue weighted by molar-refractivity contribution is 5.96. The Morgan fingerprint density at radius 1 is 1.03 bits per heavy atom. The molecular weight excluding hydrogens is 402 g/mol. The maximum Gasteiger partial charge on any atom is 0.325 e. The van der Waals surface area contributed by atoms with Crippen molar-refractivity contribution in [2.45, 2.75) is 12.5 Å². The van der Waals surface area contributed by atoms with E-state index in [4.69, 9.17) is 14.2 Å². The molecule has 1 unspecified atom stereocenters. The van der Waals surface area contributed by atoms with Crippen LogP contribution in [0.4, 0.5) is 10.5 Å². The first-order valence-corrected chi connectivity index (χ1v) is 10.1. The average molecular weight is 427 g/mol. The summed E-state index contributed by atoms with van der Waals surface area (Å²) in [7, 11) is 3.10. The number of methoxy groups -OCH3 is 2. The molecule has 3 heterocycles. The van der Waals surface area contributed by atoms with Crippen LogP contribution < -0.4 is 19.1 Å². The molecule has 1 aromatic carbocycles. The molecule has 0 bridgehead atoms. The van der Waals surface area contributed by atoms with Gasteiger partial charge in [0.05, 0.1) is 20.8 Å². The van der Waals surface area contributed by atoms with Gasteiger partial charge < -0.3 is 24.0 Å². The predicted octanol–water partition coefficient (Wildman–Crippen LogP) is 1.42. The molecule has 164 valence electrons. The Hall–Kier alpha value is -3.56. The van der Waals surface area contributed by atoms with Crippen molar-refractivity contribution in [2.24, 2.45) is 0 Å². The number of hydrogen-bond acceptors (Lipinski definition) is 7. The van der Waals surface area contributed by atoms with Gasteiger partial charge >= 0.3 is 6.03 Å². The van der Waals surface area contributed by atoms with Crippen molar-refractivity contribution >= 4 is 17.6 Å². The molecule has 3 amide bonds. The van der Waals surface area contributed by atoms with E-state index in [9.17, 15) is 9.59 Å². The minimum atomic E-state index is -0.195. The van der Waals surface area contributed by atoms with Crippen LogP contribution in [0.2, 0.25) is 0 Å². The minimum absolute atomic E-state index is 0.0483. The summed E-state index contributed by atoms with van der Waals surface area (Å²) < 4.78 is 16.2. The third-order valence-electron chi connectivity index (χ3n) is 5.41. The number of aromatic nitrogens is 2. The molecule has 4 rings (SSSR count). The van der Waals surface area contributed by atoms with E-state index in [0.717, 1.165) is 11.4 Å². The summed E-state index contributed by atoms with van der Waals surface area (Å²) in [4.78, 5) is 38.7. The van der Waals surface area contributed by atoms with Gasteiger partial charge in [-0.05, 0) is 24.3 Å². The molecule has 1 atom stereocenters. The number of rotatable bonds is 7. The molecule has 2 aliphatic rings. The number of hydrogen-bond donors (Lipinski definition) is 0. The van der Waals surface area contributed by atoms with Crippen LogP contribution in [0.3, 0.4) is 0 Å². The van der Waals surface area contributed by atoms with Gasteiger partial charge in [0.25, 0.3) is 11.8 Å². The third-order valence-corrected chi connectivity index (χ3v) is 5.41. The van der Waals surface area contributed by atoms with Crippen LogP contribution in [0, 0.1) is 0 Å². The molecule has 31 heavy (non-hydrogen) atoms. The summed E-state index contributed by atoms with van der Waals surface area (Å²) in [6.45, 7) is 2.09. The zero-order chi connectivity index (χ0) is 21.8. The van der Waals surface area contributed by atoms with E-state index in [1.807, 2.05) is 24.3 Å². The number of anilines is 1. The van der Waals surface area contributed by atoms with Crippen molar-refractivity contribution in [1.29, 1.82) is 0 Å². The summed E-state index contributed by atoms with van der Waals surface area (Å²) in [5.41, 5.74) is 0.785. The first kappa shape index (κ1) is 20.7. The van der Waals surface area contributed by atoms with Crippen LogP contribution in [0.25, 0.3) is 0 Å². The van der Waals surface area contributed by atoms with Crippen molar-refractivity contribution in [2.75, 3.05) is 51.8 Å². The highest BCUT2D eigenvalue weighted by Gasteiger charge is 2.34. The summed E-state index contributed by atoms with van der Waals surface area (Å²) in [5, 5.41) is 0. The summed E-state index contributed by atoms with van der Waals surface area (Å²) >= 11 is 0. The van der Waals surface area contributed by atoms with Gasteiger partial charge in [0, 0.05) is 44.1 Å².